The number of amides is 2. The first-order valence-corrected chi connectivity index (χ1v) is 7.85. The maximum Gasteiger partial charge on any atom is 0.419 e. The Balaban J connectivity index is 1.56. The molecular weight excluding hydrogens is 380 g/mol. The highest BCUT2D eigenvalue weighted by molar-refractivity contribution is 9.10. The Morgan fingerprint density at radius 3 is 2.79 bits per heavy atom. The van der Waals surface area contributed by atoms with Gasteiger partial charge in [-0.3, -0.25) is 25.0 Å². The number of hydrogen-bond donors (Lipinski definition) is 3. The molecule has 0 atom stereocenters. The van der Waals surface area contributed by atoms with E-state index < -0.39 is 17.6 Å². The summed E-state index contributed by atoms with van der Waals surface area (Å²) in [5.41, 5.74) is 5.98. The number of H-pyrrole nitrogens is 1. The number of carbonyl (C=O) groups is 2. The minimum atomic E-state index is -0.524. The van der Waals surface area contributed by atoms with Crippen molar-refractivity contribution in [3.8, 4) is 0 Å². The van der Waals surface area contributed by atoms with E-state index in [0.29, 0.717) is 16.8 Å². The number of hydrogen-bond acceptors (Lipinski definition) is 4. The van der Waals surface area contributed by atoms with Crippen LogP contribution in [-0.4, -0.2) is 21.4 Å². The van der Waals surface area contributed by atoms with Gasteiger partial charge in [-0.2, -0.15) is 0 Å². The van der Waals surface area contributed by atoms with Crippen molar-refractivity contribution in [3.63, 3.8) is 0 Å². The molecule has 0 aliphatic heterocycles. The van der Waals surface area contributed by atoms with Crippen LogP contribution in [0.25, 0.3) is 11.1 Å². The molecule has 0 radical (unpaired) electrons. The summed E-state index contributed by atoms with van der Waals surface area (Å²) >= 11 is 3.21. The van der Waals surface area contributed by atoms with Gasteiger partial charge in [-0.15, -0.1) is 0 Å². The molecule has 2 aromatic heterocycles. The molecule has 3 aromatic rings. The first-order valence-electron chi connectivity index (χ1n) is 7.06. The lowest BCUT2D eigenvalue weighted by Gasteiger charge is -2.06. The van der Waals surface area contributed by atoms with Crippen LogP contribution in [0.15, 0.2) is 50.2 Å². The molecule has 0 aliphatic carbocycles. The van der Waals surface area contributed by atoms with Crippen LogP contribution in [0.3, 0.4) is 0 Å². The molecule has 3 rings (SSSR count). The zero-order chi connectivity index (χ0) is 17.1. The van der Waals surface area contributed by atoms with E-state index in [1.165, 1.54) is 4.57 Å². The van der Waals surface area contributed by atoms with Crippen molar-refractivity contribution < 1.29 is 14.0 Å². The van der Waals surface area contributed by atoms with Gasteiger partial charge in [0.05, 0.1) is 5.52 Å². The molecule has 0 aliphatic rings. The average Bonchev–Trinajstić information content (AvgIpc) is 3.13. The highest BCUT2D eigenvalue weighted by atomic mass is 79.9. The molecule has 3 N–H and O–H groups in total. The summed E-state index contributed by atoms with van der Waals surface area (Å²) in [6.45, 7) is 0.144. The lowest BCUT2D eigenvalue weighted by Crippen LogP contribution is -2.42. The quantitative estimate of drug-likeness (QED) is 0.584. The van der Waals surface area contributed by atoms with Crippen molar-refractivity contribution in [1.29, 1.82) is 0 Å². The minimum Gasteiger partial charge on any atom is -0.408 e. The van der Waals surface area contributed by atoms with Crippen LogP contribution >= 0.6 is 15.9 Å². The molecule has 0 fully saturated rings. The number of para-hydroxylation sites is 2. The van der Waals surface area contributed by atoms with Gasteiger partial charge < -0.3 is 9.40 Å². The second-order valence-electron chi connectivity index (χ2n) is 4.97. The number of aryl methyl sites for hydroxylation is 1. The molecule has 1 aromatic carbocycles. The fourth-order valence-electron chi connectivity index (χ4n) is 2.19. The number of nitrogens with one attached hydrogen (secondary N) is 3. The molecule has 9 heteroatoms. The van der Waals surface area contributed by atoms with Crippen LogP contribution in [0.5, 0.6) is 0 Å². The number of nitrogens with zero attached hydrogens (tertiary/aromatic N) is 1. The zero-order valence-corrected chi connectivity index (χ0v) is 13.9. The minimum absolute atomic E-state index is 0.0120. The third-order valence-electron chi connectivity index (χ3n) is 3.34. The SMILES string of the molecule is O=C(CCn1c(=O)oc2ccccc21)NNC(=O)c1cc(Br)c[nH]1. The summed E-state index contributed by atoms with van der Waals surface area (Å²) < 4.78 is 7.19. The van der Waals surface area contributed by atoms with E-state index in [2.05, 4.69) is 31.8 Å². The van der Waals surface area contributed by atoms with Crippen LogP contribution in [0.4, 0.5) is 0 Å². The molecule has 8 nitrogen and oxygen atoms in total. The van der Waals surface area contributed by atoms with Gasteiger partial charge in [-0.05, 0) is 34.1 Å². The first kappa shape index (κ1) is 16.1. The maximum absolute atomic E-state index is 11.8. The van der Waals surface area contributed by atoms with Crippen LogP contribution < -0.4 is 16.6 Å². The normalized spacial score (nSPS) is 10.7. The third kappa shape index (κ3) is 3.40. The van der Waals surface area contributed by atoms with Gasteiger partial charge in [0.2, 0.25) is 5.91 Å². The zero-order valence-electron chi connectivity index (χ0n) is 12.3. The summed E-state index contributed by atoms with van der Waals surface area (Å²) in [7, 11) is 0. The van der Waals surface area contributed by atoms with Gasteiger partial charge in [0, 0.05) is 23.6 Å². The fourth-order valence-corrected chi connectivity index (χ4v) is 2.54. The van der Waals surface area contributed by atoms with E-state index in [-0.39, 0.29) is 13.0 Å². The largest absolute Gasteiger partial charge is 0.419 e. The molecule has 2 amide bonds. The predicted molar refractivity (Wildman–Crippen MR) is 89.2 cm³/mol. The number of rotatable bonds is 4. The van der Waals surface area contributed by atoms with Crippen molar-refractivity contribution >= 4 is 38.8 Å². The summed E-state index contributed by atoms with van der Waals surface area (Å²) in [4.78, 5) is 38.1. The van der Waals surface area contributed by atoms with Gasteiger partial charge in [-0.1, -0.05) is 12.1 Å². The van der Waals surface area contributed by atoms with E-state index in [9.17, 15) is 14.4 Å². The standard InChI is InChI=1S/C15H13BrN4O4/c16-9-7-10(17-8-9)14(22)19-18-13(21)5-6-20-11-3-1-2-4-12(11)24-15(20)23/h1-4,7-8,17H,5-6H2,(H,18,21)(H,19,22). The molecule has 24 heavy (non-hydrogen) atoms. The van der Waals surface area contributed by atoms with Crippen LogP contribution in [0, 0.1) is 0 Å². The van der Waals surface area contributed by atoms with Gasteiger partial charge in [0.15, 0.2) is 5.58 Å². The van der Waals surface area contributed by atoms with Crippen molar-refractivity contribution in [2.24, 2.45) is 0 Å². The Bertz CT molecular complexity index is 956. The fraction of sp³-hybridized carbons (Fsp3) is 0.133. The summed E-state index contributed by atoms with van der Waals surface area (Å²) in [6.07, 6.45) is 1.62. The molecule has 0 unspecified atom stereocenters. The number of benzene rings is 1. The summed E-state index contributed by atoms with van der Waals surface area (Å²) in [6, 6.07) is 8.54. The molecule has 124 valence electrons. The van der Waals surface area contributed by atoms with Gasteiger partial charge in [0.25, 0.3) is 5.91 Å². The van der Waals surface area contributed by atoms with E-state index in [1.807, 2.05) is 0 Å². The maximum atomic E-state index is 11.8. The Morgan fingerprint density at radius 2 is 2.04 bits per heavy atom. The predicted octanol–water partition coefficient (Wildman–Crippen LogP) is 1.54. The van der Waals surface area contributed by atoms with Crippen LogP contribution in [-0.2, 0) is 11.3 Å². The van der Waals surface area contributed by atoms with Gasteiger partial charge >= 0.3 is 5.76 Å². The van der Waals surface area contributed by atoms with Crippen molar-refractivity contribution in [3.05, 3.63) is 57.2 Å². The van der Waals surface area contributed by atoms with E-state index in [0.717, 1.165) is 4.47 Å². The number of carbonyl (C=O) groups excluding carboxylic acids is 2. The summed E-state index contributed by atoms with van der Waals surface area (Å²) in [5.74, 6) is -1.42. The second kappa shape index (κ2) is 6.75. The molecule has 0 spiro atoms. The van der Waals surface area contributed by atoms with Crippen LogP contribution in [0.2, 0.25) is 0 Å². The molecule has 0 saturated carbocycles. The number of hydrazine groups is 1. The first-order chi connectivity index (χ1) is 11.5. The topological polar surface area (TPSA) is 109 Å². The molecule has 0 bridgehead atoms. The second-order valence-corrected chi connectivity index (χ2v) is 5.89. The highest BCUT2D eigenvalue weighted by Crippen LogP contribution is 2.12. The molecular formula is C15H13BrN4O4. The van der Waals surface area contributed by atoms with Crippen molar-refractivity contribution in [1.82, 2.24) is 20.4 Å². The molecule has 0 saturated heterocycles. The number of aromatic nitrogens is 2. The highest BCUT2D eigenvalue weighted by Gasteiger charge is 2.12. The van der Waals surface area contributed by atoms with Gasteiger partial charge in [0.1, 0.15) is 5.69 Å². The average molecular weight is 393 g/mol. The van der Waals surface area contributed by atoms with E-state index >= 15 is 0 Å². The number of aromatic amines is 1. The molecule has 2 heterocycles. The van der Waals surface area contributed by atoms with Crippen molar-refractivity contribution in [2.45, 2.75) is 13.0 Å². The Kier molecular flexibility index (Phi) is 4.52. The number of fused-ring (bicyclic) bond motifs is 1. The summed E-state index contributed by atoms with van der Waals surface area (Å²) in [5, 5.41) is 0. The van der Waals surface area contributed by atoms with Crippen LogP contribution in [0.1, 0.15) is 16.9 Å². The van der Waals surface area contributed by atoms with E-state index in [1.54, 1.807) is 36.5 Å². The lowest BCUT2D eigenvalue weighted by atomic mass is 10.3. The monoisotopic (exact) mass is 392 g/mol. The Labute approximate surface area is 143 Å². The Hall–Kier alpha value is -2.81. The smallest absolute Gasteiger partial charge is 0.408 e. The number of oxazole rings is 1. The Morgan fingerprint density at radius 1 is 1.25 bits per heavy atom. The lowest BCUT2D eigenvalue weighted by molar-refractivity contribution is -0.122. The third-order valence-corrected chi connectivity index (χ3v) is 3.80. The van der Waals surface area contributed by atoms with Crippen molar-refractivity contribution in [2.75, 3.05) is 0 Å². The van der Waals surface area contributed by atoms with Gasteiger partial charge in [-0.25, -0.2) is 4.79 Å². The number of halogens is 1. The van der Waals surface area contributed by atoms with E-state index in [4.69, 9.17) is 4.42 Å².